The highest BCUT2D eigenvalue weighted by atomic mass is 35.5. The van der Waals surface area contributed by atoms with Gasteiger partial charge >= 0.3 is 5.97 Å². The number of halogens is 1. The van der Waals surface area contributed by atoms with Gasteiger partial charge in [-0.25, -0.2) is 4.79 Å². The van der Waals surface area contributed by atoms with Crippen molar-refractivity contribution in [3.63, 3.8) is 0 Å². The molecule has 4 nitrogen and oxygen atoms in total. The Morgan fingerprint density at radius 2 is 2.30 bits per heavy atom. The van der Waals surface area contributed by atoms with E-state index in [1.54, 1.807) is 12.1 Å². The lowest BCUT2D eigenvalue weighted by atomic mass is 10.1. The molecule has 2 rings (SSSR count). The van der Waals surface area contributed by atoms with Gasteiger partial charge in [-0.15, -0.1) is 0 Å². The predicted octanol–water partition coefficient (Wildman–Crippen LogP) is 3.04. The van der Waals surface area contributed by atoms with E-state index in [4.69, 9.17) is 21.4 Å². The highest BCUT2D eigenvalue weighted by molar-refractivity contribution is 6.31. The lowest BCUT2D eigenvalue weighted by Crippen LogP contribution is -2.47. The molecule has 0 saturated carbocycles. The van der Waals surface area contributed by atoms with Gasteiger partial charge in [-0.1, -0.05) is 24.6 Å². The van der Waals surface area contributed by atoms with Gasteiger partial charge in [0.2, 0.25) is 0 Å². The molecule has 1 fully saturated rings. The molecular formula is C15H20ClNO3. The Morgan fingerprint density at radius 3 is 2.90 bits per heavy atom. The van der Waals surface area contributed by atoms with Crippen molar-refractivity contribution < 1.29 is 14.6 Å². The van der Waals surface area contributed by atoms with Crippen molar-refractivity contribution in [3.8, 4) is 0 Å². The minimum Gasteiger partial charge on any atom is -0.478 e. The fraction of sp³-hybridized carbons (Fsp3) is 0.533. The van der Waals surface area contributed by atoms with Gasteiger partial charge in [-0.3, -0.25) is 4.90 Å². The molecule has 0 aliphatic carbocycles. The normalized spacial score (nSPS) is 23.8. The van der Waals surface area contributed by atoms with E-state index < -0.39 is 5.97 Å². The van der Waals surface area contributed by atoms with Crippen LogP contribution in [0.4, 0.5) is 0 Å². The van der Waals surface area contributed by atoms with Crippen molar-refractivity contribution in [3.05, 3.63) is 34.3 Å². The Morgan fingerprint density at radius 1 is 1.55 bits per heavy atom. The number of nitrogens with zero attached hydrogens (tertiary/aromatic N) is 1. The molecule has 1 aromatic rings. The highest BCUT2D eigenvalue weighted by Gasteiger charge is 2.26. The summed E-state index contributed by atoms with van der Waals surface area (Å²) in [5, 5.41) is 9.46. The van der Waals surface area contributed by atoms with Crippen LogP contribution in [0.5, 0.6) is 0 Å². The van der Waals surface area contributed by atoms with Gasteiger partial charge in [0.15, 0.2) is 0 Å². The first-order valence-corrected chi connectivity index (χ1v) is 7.26. The molecule has 20 heavy (non-hydrogen) atoms. The summed E-state index contributed by atoms with van der Waals surface area (Å²) in [5.74, 6) is -0.954. The second-order valence-corrected chi connectivity index (χ2v) is 5.65. The fourth-order valence-corrected chi connectivity index (χ4v) is 2.75. The summed E-state index contributed by atoms with van der Waals surface area (Å²) in [5.41, 5.74) is 1.19. The van der Waals surface area contributed by atoms with Crippen LogP contribution in [0.15, 0.2) is 18.2 Å². The average Bonchev–Trinajstić information content (AvgIpc) is 2.41. The molecule has 1 heterocycles. The molecule has 1 saturated heterocycles. The number of aromatic carboxylic acids is 1. The number of carbonyl (C=O) groups is 1. The van der Waals surface area contributed by atoms with E-state index in [1.165, 1.54) is 6.07 Å². The summed E-state index contributed by atoms with van der Waals surface area (Å²) in [6, 6.07) is 5.32. The molecule has 1 aromatic carbocycles. The fourth-order valence-electron chi connectivity index (χ4n) is 2.51. The van der Waals surface area contributed by atoms with Crippen molar-refractivity contribution in [2.45, 2.75) is 39.0 Å². The van der Waals surface area contributed by atoms with Crippen LogP contribution in [0.3, 0.4) is 0 Å². The first kappa shape index (κ1) is 15.3. The van der Waals surface area contributed by atoms with Crippen LogP contribution >= 0.6 is 11.6 Å². The van der Waals surface area contributed by atoms with E-state index in [-0.39, 0.29) is 11.7 Å². The second-order valence-electron chi connectivity index (χ2n) is 5.25. The lowest BCUT2D eigenvalue weighted by Gasteiger charge is -2.38. The Labute approximate surface area is 124 Å². The number of rotatable bonds is 4. The highest BCUT2D eigenvalue weighted by Crippen LogP contribution is 2.23. The van der Waals surface area contributed by atoms with Gasteiger partial charge < -0.3 is 9.84 Å². The maximum Gasteiger partial charge on any atom is 0.335 e. The van der Waals surface area contributed by atoms with Gasteiger partial charge in [0.05, 0.1) is 18.3 Å². The Hall–Kier alpha value is -1.10. The summed E-state index contributed by atoms with van der Waals surface area (Å²) in [4.78, 5) is 13.3. The second kappa shape index (κ2) is 6.57. The third kappa shape index (κ3) is 3.51. The monoisotopic (exact) mass is 297 g/mol. The number of hydrogen-bond acceptors (Lipinski definition) is 3. The van der Waals surface area contributed by atoms with Crippen LogP contribution < -0.4 is 0 Å². The Balaban J connectivity index is 2.13. The van der Waals surface area contributed by atoms with Gasteiger partial charge in [-0.05, 0) is 31.0 Å². The topological polar surface area (TPSA) is 49.8 Å². The number of benzene rings is 1. The SMILES string of the molecule is CCC1COC(C)CN1Cc1ccc(C(=O)O)cc1Cl. The molecule has 1 N–H and O–H groups in total. The van der Waals surface area contributed by atoms with E-state index in [1.807, 2.05) is 0 Å². The predicted molar refractivity (Wildman–Crippen MR) is 78.3 cm³/mol. The third-order valence-corrected chi connectivity index (χ3v) is 4.08. The molecule has 0 aromatic heterocycles. The van der Waals surface area contributed by atoms with E-state index in [2.05, 4.69) is 18.7 Å². The number of morpholine rings is 1. The molecule has 0 radical (unpaired) electrons. The van der Waals surface area contributed by atoms with Gasteiger partial charge in [0, 0.05) is 24.2 Å². The average molecular weight is 298 g/mol. The number of ether oxygens (including phenoxy) is 1. The molecule has 2 unspecified atom stereocenters. The zero-order chi connectivity index (χ0) is 14.7. The smallest absolute Gasteiger partial charge is 0.335 e. The van der Waals surface area contributed by atoms with Crippen LogP contribution in [-0.4, -0.2) is 41.3 Å². The molecule has 0 bridgehead atoms. The maximum atomic E-state index is 10.9. The van der Waals surface area contributed by atoms with Gasteiger partial charge in [-0.2, -0.15) is 0 Å². The van der Waals surface area contributed by atoms with Crippen LogP contribution in [0.2, 0.25) is 5.02 Å². The molecule has 0 spiro atoms. The van der Waals surface area contributed by atoms with Gasteiger partial charge in [0.1, 0.15) is 0 Å². The Bertz CT molecular complexity index is 492. The summed E-state index contributed by atoms with van der Waals surface area (Å²) >= 11 is 6.20. The lowest BCUT2D eigenvalue weighted by molar-refractivity contribution is -0.0591. The van der Waals surface area contributed by atoms with Crippen molar-refractivity contribution in [1.82, 2.24) is 4.90 Å². The molecule has 2 atom stereocenters. The molecular weight excluding hydrogens is 278 g/mol. The first-order chi connectivity index (χ1) is 9.51. The van der Waals surface area contributed by atoms with Crippen molar-refractivity contribution in [2.24, 2.45) is 0 Å². The van der Waals surface area contributed by atoms with Crippen LogP contribution in [0.1, 0.15) is 36.2 Å². The molecule has 110 valence electrons. The van der Waals surface area contributed by atoms with E-state index in [0.717, 1.165) is 31.7 Å². The van der Waals surface area contributed by atoms with Crippen molar-refractivity contribution >= 4 is 17.6 Å². The standard InChI is InChI=1S/C15H20ClNO3/c1-3-13-9-20-10(2)7-17(13)8-12-5-4-11(15(18)19)6-14(12)16/h4-6,10,13H,3,7-9H2,1-2H3,(H,18,19). The van der Waals surface area contributed by atoms with Crippen LogP contribution in [0.25, 0.3) is 0 Å². The van der Waals surface area contributed by atoms with Crippen LogP contribution in [0, 0.1) is 0 Å². The van der Waals surface area contributed by atoms with Gasteiger partial charge in [0.25, 0.3) is 0 Å². The van der Waals surface area contributed by atoms with E-state index >= 15 is 0 Å². The summed E-state index contributed by atoms with van der Waals surface area (Å²) in [7, 11) is 0. The summed E-state index contributed by atoms with van der Waals surface area (Å²) in [6.07, 6.45) is 1.24. The van der Waals surface area contributed by atoms with Crippen molar-refractivity contribution in [2.75, 3.05) is 13.2 Å². The number of hydrogen-bond donors (Lipinski definition) is 1. The summed E-state index contributed by atoms with van der Waals surface area (Å²) in [6.45, 7) is 6.54. The largest absolute Gasteiger partial charge is 0.478 e. The molecule has 5 heteroatoms. The Kier molecular flexibility index (Phi) is 5.02. The minimum atomic E-state index is -0.954. The summed E-state index contributed by atoms with van der Waals surface area (Å²) < 4.78 is 5.68. The van der Waals surface area contributed by atoms with E-state index in [0.29, 0.717) is 11.1 Å². The molecule has 1 aliphatic heterocycles. The minimum absolute atomic E-state index is 0.217. The third-order valence-electron chi connectivity index (χ3n) is 3.73. The van der Waals surface area contributed by atoms with Crippen LogP contribution in [-0.2, 0) is 11.3 Å². The molecule has 0 amide bonds. The molecule has 1 aliphatic rings. The zero-order valence-corrected chi connectivity index (χ0v) is 12.6. The zero-order valence-electron chi connectivity index (χ0n) is 11.8. The van der Waals surface area contributed by atoms with E-state index in [9.17, 15) is 4.79 Å². The maximum absolute atomic E-state index is 10.9. The first-order valence-electron chi connectivity index (χ1n) is 6.88. The number of carboxylic acid groups (broad SMARTS) is 1. The number of carboxylic acids is 1. The quantitative estimate of drug-likeness (QED) is 0.928. The van der Waals surface area contributed by atoms with Crippen molar-refractivity contribution in [1.29, 1.82) is 0 Å².